The summed E-state index contributed by atoms with van der Waals surface area (Å²) < 4.78 is 0. The van der Waals surface area contributed by atoms with Gasteiger partial charge in [-0.3, -0.25) is 9.88 Å². The number of nitrogens with zero attached hydrogens (tertiary/aromatic N) is 2. The molecule has 3 rings (SSSR count). The third kappa shape index (κ3) is 2.36. The lowest BCUT2D eigenvalue weighted by Crippen LogP contribution is -2.69. The average molecular weight is 255 g/mol. The number of para-hydroxylation sites is 1. The van der Waals surface area contributed by atoms with E-state index in [2.05, 4.69) is 43.0 Å². The van der Waals surface area contributed by atoms with Crippen LogP contribution in [0.5, 0.6) is 0 Å². The Morgan fingerprint density at radius 3 is 2.68 bits per heavy atom. The first-order valence-corrected chi connectivity index (χ1v) is 6.93. The first-order chi connectivity index (χ1) is 9.07. The summed E-state index contributed by atoms with van der Waals surface area (Å²) in [6, 6.07) is 12.5. The second kappa shape index (κ2) is 4.58. The Morgan fingerprint density at radius 2 is 1.95 bits per heavy atom. The zero-order valence-corrected chi connectivity index (χ0v) is 11.6. The lowest BCUT2D eigenvalue weighted by molar-refractivity contribution is 0.0305. The molecule has 1 aromatic heterocycles. The summed E-state index contributed by atoms with van der Waals surface area (Å²) in [5, 5.41) is 1.20. The van der Waals surface area contributed by atoms with Crippen LogP contribution >= 0.6 is 0 Å². The molecule has 0 unspecified atom stereocenters. The summed E-state index contributed by atoms with van der Waals surface area (Å²) in [4.78, 5) is 7.08. The number of likely N-dealkylation sites (tertiary alicyclic amines) is 1. The Labute approximate surface area is 114 Å². The molecule has 0 saturated carbocycles. The summed E-state index contributed by atoms with van der Waals surface area (Å²) in [7, 11) is 0. The van der Waals surface area contributed by atoms with Gasteiger partial charge in [0.1, 0.15) is 0 Å². The van der Waals surface area contributed by atoms with E-state index in [0.29, 0.717) is 5.92 Å². The highest BCUT2D eigenvalue weighted by Gasteiger charge is 2.41. The second-order valence-electron chi connectivity index (χ2n) is 6.03. The lowest BCUT2D eigenvalue weighted by atomic mass is 9.80. The number of aromatic nitrogens is 1. The molecule has 0 atom stereocenters. The molecule has 1 saturated heterocycles. The summed E-state index contributed by atoms with van der Waals surface area (Å²) in [5.74, 6) is 0.535. The zero-order chi connectivity index (χ0) is 13.5. The minimum atomic E-state index is -0.00313. The van der Waals surface area contributed by atoms with Crippen molar-refractivity contribution in [2.75, 3.05) is 13.1 Å². The van der Waals surface area contributed by atoms with Gasteiger partial charge in [-0.25, -0.2) is 0 Å². The van der Waals surface area contributed by atoms with Gasteiger partial charge in [0.2, 0.25) is 0 Å². The molecule has 2 N–H and O–H groups in total. The predicted molar refractivity (Wildman–Crippen MR) is 78.8 cm³/mol. The minimum Gasteiger partial charge on any atom is -0.323 e. The number of hydrogen-bond donors (Lipinski definition) is 1. The molecule has 1 aromatic carbocycles. The average Bonchev–Trinajstić information content (AvgIpc) is 2.36. The van der Waals surface area contributed by atoms with Crippen LogP contribution in [0.1, 0.15) is 19.5 Å². The molecule has 2 aromatic rings. The Kier molecular flexibility index (Phi) is 3.03. The van der Waals surface area contributed by atoms with E-state index in [9.17, 15) is 0 Å². The number of benzene rings is 1. The first-order valence-electron chi connectivity index (χ1n) is 6.93. The third-order valence-electron chi connectivity index (χ3n) is 4.23. The molecule has 19 heavy (non-hydrogen) atoms. The fraction of sp³-hybridized carbons (Fsp3) is 0.438. The molecule has 0 radical (unpaired) electrons. The van der Waals surface area contributed by atoms with E-state index in [1.54, 1.807) is 0 Å². The van der Waals surface area contributed by atoms with Gasteiger partial charge < -0.3 is 5.73 Å². The molecule has 0 bridgehead atoms. The monoisotopic (exact) mass is 255 g/mol. The molecule has 1 fully saturated rings. The molecule has 1 aliphatic heterocycles. The zero-order valence-electron chi connectivity index (χ0n) is 11.6. The van der Waals surface area contributed by atoms with Gasteiger partial charge in [-0.05, 0) is 18.1 Å². The SMILES string of the molecule is CC(C)C1(N)CN(Cc2ccc3ccccc3n2)C1. The molecule has 2 heterocycles. The molecule has 3 nitrogen and oxygen atoms in total. The Hall–Kier alpha value is -1.45. The molecule has 1 aliphatic rings. The van der Waals surface area contributed by atoms with Crippen LogP contribution in [0.25, 0.3) is 10.9 Å². The highest BCUT2D eigenvalue weighted by Crippen LogP contribution is 2.27. The van der Waals surface area contributed by atoms with E-state index < -0.39 is 0 Å². The van der Waals surface area contributed by atoms with E-state index in [-0.39, 0.29) is 5.54 Å². The summed E-state index contributed by atoms with van der Waals surface area (Å²) in [6.45, 7) is 7.24. The summed E-state index contributed by atoms with van der Waals surface area (Å²) in [6.07, 6.45) is 0. The molecule has 0 amide bonds. The molecular weight excluding hydrogens is 234 g/mol. The normalized spacial score (nSPS) is 18.7. The van der Waals surface area contributed by atoms with Crippen molar-refractivity contribution in [3.8, 4) is 0 Å². The van der Waals surface area contributed by atoms with Crippen LogP contribution in [-0.2, 0) is 6.54 Å². The van der Waals surface area contributed by atoms with Crippen LogP contribution in [0.15, 0.2) is 36.4 Å². The van der Waals surface area contributed by atoms with Crippen LogP contribution in [0.3, 0.4) is 0 Å². The van der Waals surface area contributed by atoms with Crippen LogP contribution in [0.2, 0.25) is 0 Å². The number of hydrogen-bond acceptors (Lipinski definition) is 3. The van der Waals surface area contributed by atoms with Crippen molar-refractivity contribution in [3.05, 3.63) is 42.1 Å². The smallest absolute Gasteiger partial charge is 0.0705 e. The van der Waals surface area contributed by atoms with Gasteiger partial charge in [-0.2, -0.15) is 0 Å². The maximum Gasteiger partial charge on any atom is 0.0705 e. The van der Waals surface area contributed by atoms with Crippen molar-refractivity contribution in [2.24, 2.45) is 11.7 Å². The van der Waals surface area contributed by atoms with E-state index in [1.807, 2.05) is 12.1 Å². The van der Waals surface area contributed by atoms with Crippen molar-refractivity contribution in [1.82, 2.24) is 9.88 Å². The number of pyridine rings is 1. The van der Waals surface area contributed by atoms with Gasteiger partial charge in [0.25, 0.3) is 0 Å². The first kappa shape index (κ1) is 12.6. The fourth-order valence-corrected chi connectivity index (χ4v) is 2.69. The Morgan fingerprint density at radius 1 is 1.21 bits per heavy atom. The maximum absolute atomic E-state index is 6.32. The van der Waals surface area contributed by atoms with Crippen LogP contribution in [0.4, 0.5) is 0 Å². The molecule has 100 valence electrons. The van der Waals surface area contributed by atoms with Gasteiger partial charge in [0.05, 0.1) is 11.2 Å². The number of nitrogens with two attached hydrogens (primary N) is 1. The molecule has 0 spiro atoms. The number of fused-ring (bicyclic) bond motifs is 1. The van der Waals surface area contributed by atoms with E-state index in [1.165, 1.54) is 5.39 Å². The van der Waals surface area contributed by atoms with Gasteiger partial charge in [-0.15, -0.1) is 0 Å². The molecule has 3 heteroatoms. The lowest BCUT2D eigenvalue weighted by Gasteiger charge is -2.50. The van der Waals surface area contributed by atoms with Crippen molar-refractivity contribution in [3.63, 3.8) is 0 Å². The Bertz CT molecular complexity index is 585. The van der Waals surface area contributed by atoms with E-state index >= 15 is 0 Å². The highest BCUT2D eigenvalue weighted by atomic mass is 15.3. The second-order valence-corrected chi connectivity index (χ2v) is 6.03. The van der Waals surface area contributed by atoms with Gasteiger partial charge in [0, 0.05) is 30.6 Å². The van der Waals surface area contributed by atoms with Crippen molar-refractivity contribution in [2.45, 2.75) is 25.9 Å². The number of rotatable bonds is 3. The largest absolute Gasteiger partial charge is 0.323 e. The fourth-order valence-electron chi connectivity index (χ4n) is 2.69. The Balaban J connectivity index is 1.70. The van der Waals surface area contributed by atoms with E-state index in [0.717, 1.165) is 30.8 Å². The van der Waals surface area contributed by atoms with E-state index in [4.69, 9.17) is 10.7 Å². The van der Waals surface area contributed by atoms with Crippen LogP contribution < -0.4 is 5.73 Å². The van der Waals surface area contributed by atoms with Gasteiger partial charge in [0.15, 0.2) is 0 Å². The van der Waals surface area contributed by atoms with Crippen LogP contribution in [0, 0.1) is 5.92 Å². The van der Waals surface area contributed by atoms with Gasteiger partial charge >= 0.3 is 0 Å². The highest BCUT2D eigenvalue weighted by molar-refractivity contribution is 5.78. The predicted octanol–water partition coefficient (Wildman–Crippen LogP) is 2.40. The van der Waals surface area contributed by atoms with Crippen molar-refractivity contribution < 1.29 is 0 Å². The standard InChI is InChI=1S/C16H21N3/c1-12(2)16(17)10-19(11-16)9-14-8-7-13-5-3-4-6-15(13)18-14/h3-8,12H,9-11,17H2,1-2H3. The quantitative estimate of drug-likeness (QED) is 0.915. The van der Waals surface area contributed by atoms with Crippen molar-refractivity contribution in [1.29, 1.82) is 0 Å². The minimum absolute atomic E-state index is 0.00313. The maximum atomic E-state index is 6.32. The van der Waals surface area contributed by atoms with Crippen molar-refractivity contribution >= 4 is 10.9 Å². The molecular formula is C16H21N3. The van der Waals surface area contributed by atoms with Gasteiger partial charge in [-0.1, -0.05) is 38.1 Å². The summed E-state index contributed by atoms with van der Waals surface area (Å²) >= 11 is 0. The van der Waals surface area contributed by atoms with Crippen LogP contribution in [-0.4, -0.2) is 28.5 Å². The summed E-state index contributed by atoms with van der Waals surface area (Å²) in [5.41, 5.74) is 8.52. The third-order valence-corrected chi connectivity index (χ3v) is 4.23. The topological polar surface area (TPSA) is 42.1 Å². The molecule has 0 aliphatic carbocycles.